The van der Waals surface area contributed by atoms with Gasteiger partial charge in [0.1, 0.15) is 5.84 Å². The Morgan fingerprint density at radius 2 is 2.19 bits per heavy atom. The average molecular weight is 314 g/mol. The van der Waals surface area contributed by atoms with Crippen molar-refractivity contribution in [1.82, 2.24) is 4.90 Å². The van der Waals surface area contributed by atoms with Crippen molar-refractivity contribution < 1.29 is 14.7 Å². The summed E-state index contributed by atoms with van der Waals surface area (Å²) in [6.07, 6.45) is 0.283. The lowest BCUT2D eigenvalue weighted by Gasteiger charge is -2.23. The molecule has 0 spiro atoms. The van der Waals surface area contributed by atoms with Gasteiger partial charge in [0.05, 0.1) is 6.61 Å². The number of hydrogen-bond donors (Lipinski definition) is 2. The predicted molar refractivity (Wildman–Crippen MR) is 82.0 cm³/mol. The zero-order chi connectivity index (χ0) is 15.8. The number of hydrogen-bond acceptors (Lipinski definition) is 4. The normalized spacial score (nSPS) is 11.5. The minimum Gasteiger partial charge on any atom is -0.409 e. The largest absolute Gasteiger partial charge is 0.409 e. The number of carbonyl (C=O) groups excluding carboxylic acids is 1. The van der Waals surface area contributed by atoms with Gasteiger partial charge in [-0.1, -0.05) is 22.8 Å². The van der Waals surface area contributed by atoms with Gasteiger partial charge in [-0.2, -0.15) is 0 Å². The van der Waals surface area contributed by atoms with E-state index in [9.17, 15) is 4.79 Å². The third-order valence-electron chi connectivity index (χ3n) is 3.05. The lowest BCUT2D eigenvalue weighted by atomic mass is 10.1. The van der Waals surface area contributed by atoms with Gasteiger partial charge >= 0.3 is 0 Å². The number of rotatable bonds is 7. The van der Waals surface area contributed by atoms with Crippen molar-refractivity contribution in [2.75, 3.05) is 26.8 Å². The molecule has 0 saturated carbocycles. The van der Waals surface area contributed by atoms with Crippen LogP contribution in [0.4, 0.5) is 0 Å². The molecule has 0 unspecified atom stereocenters. The summed E-state index contributed by atoms with van der Waals surface area (Å²) in [7, 11) is 1.57. The maximum atomic E-state index is 12.6. The Morgan fingerprint density at radius 1 is 1.48 bits per heavy atom. The SMILES string of the molecule is COCCN(CC/C(N)=N/O)C(=O)c1cc(Cl)ccc1C. The minimum absolute atomic E-state index is 0.0769. The molecule has 0 aromatic heterocycles. The molecular weight excluding hydrogens is 294 g/mol. The van der Waals surface area contributed by atoms with E-state index < -0.39 is 0 Å². The van der Waals surface area contributed by atoms with Gasteiger partial charge in [0.2, 0.25) is 0 Å². The monoisotopic (exact) mass is 313 g/mol. The lowest BCUT2D eigenvalue weighted by Crippen LogP contribution is -2.36. The van der Waals surface area contributed by atoms with E-state index >= 15 is 0 Å². The molecule has 0 heterocycles. The second kappa shape index (κ2) is 8.49. The van der Waals surface area contributed by atoms with Crippen LogP contribution in [0.15, 0.2) is 23.4 Å². The molecule has 7 heteroatoms. The summed E-state index contributed by atoms with van der Waals surface area (Å²) < 4.78 is 5.01. The van der Waals surface area contributed by atoms with Crippen molar-refractivity contribution in [2.24, 2.45) is 10.9 Å². The summed E-state index contributed by atoms with van der Waals surface area (Å²) in [6, 6.07) is 5.18. The van der Waals surface area contributed by atoms with Crippen LogP contribution in [0.1, 0.15) is 22.3 Å². The Bertz CT molecular complexity index is 520. The predicted octanol–water partition coefficient (Wildman–Crippen LogP) is 1.87. The van der Waals surface area contributed by atoms with Crippen LogP contribution in [0.3, 0.4) is 0 Å². The van der Waals surface area contributed by atoms with Crippen LogP contribution in [0.25, 0.3) is 0 Å². The molecule has 1 amide bonds. The summed E-state index contributed by atoms with van der Waals surface area (Å²) in [6.45, 7) is 3.01. The molecule has 0 radical (unpaired) electrons. The zero-order valence-corrected chi connectivity index (χ0v) is 12.9. The van der Waals surface area contributed by atoms with Crippen LogP contribution in [-0.2, 0) is 4.74 Å². The molecule has 0 saturated heterocycles. The maximum Gasteiger partial charge on any atom is 0.254 e. The Kier molecular flexibility index (Phi) is 6.98. The summed E-state index contributed by atoms with van der Waals surface area (Å²) in [4.78, 5) is 14.2. The summed E-state index contributed by atoms with van der Waals surface area (Å²) >= 11 is 5.95. The van der Waals surface area contributed by atoms with Crippen molar-refractivity contribution >= 4 is 23.3 Å². The fourth-order valence-corrected chi connectivity index (χ4v) is 1.98. The molecule has 21 heavy (non-hydrogen) atoms. The van der Waals surface area contributed by atoms with Crippen molar-refractivity contribution in [1.29, 1.82) is 0 Å². The molecule has 6 nitrogen and oxygen atoms in total. The first-order valence-corrected chi connectivity index (χ1v) is 6.88. The summed E-state index contributed by atoms with van der Waals surface area (Å²) in [5.41, 5.74) is 6.84. The highest BCUT2D eigenvalue weighted by Gasteiger charge is 2.18. The van der Waals surface area contributed by atoms with E-state index in [1.807, 2.05) is 6.92 Å². The van der Waals surface area contributed by atoms with Crippen LogP contribution in [0, 0.1) is 6.92 Å². The second-order valence-electron chi connectivity index (χ2n) is 4.59. The van der Waals surface area contributed by atoms with Gasteiger partial charge in [-0.15, -0.1) is 0 Å². The van der Waals surface area contributed by atoms with Gasteiger partial charge in [0, 0.05) is 37.2 Å². The summed E-state index contributed by atoms with van der Waals surface area (Å²) in [5, 5.41) is 12.0. The molecule has 1 rings (SSSR count). The number of halogens is 1. The third-order valence-corrected chi connectivity index (χ3v) is 3.28. The van der Waals surface area contributed by atoms with Gasteiger partial charge in [-0.3, -0.25) is 4.79 Å². The van der Waals surface area contributed by atoms with Gasteiger partial charge < -0.3 is 20.6 Å². The van der Waals surface area contributed by atoms with Crippen LogP contribution < -0.4 is 5.73 Å². The van der Waals surface area contributed by atoms with Crippen LogP contribution in [-0.4, -0.2) is 48.7 Å². The Hall–Kier alpha value is -1.79. The number of ether oxygens (including phenoxy) is 1. The number of nitrogens with zero attached hydrogens (tertiary/aromatic N) is 2. The van der Waals surface area contributed by atoms with E-state index in [1.165, 1.54) is 0 Å². The van der Waals surface area contributed by atoms with Gasteiger partial charge in [0.15, 0.2) is 0 Å². The number of amidine groups is 1. The molecule has 0 aliphatic carbocycles. The van der Waals surface area contributed by atoms with Crippen LogP contribution in [0.2, 0.25) is 5.02 Å². The van der Waals surface area contributed by atoms with Gasteiger partial charge in [-0.05, 0) is 24.6 Å². The van der Waals surface area contributed by atoms with E-state index in [4.69, 9.17) is 27.3 Å². The molecule has 1 aromatic rings. The molecule has 0 atom stereocenters. The van der Waals surface area contributed by atoms with E-state index in [2.05, 4.69) is 5.16 Å². The Morgan fingerprint density at radius 3 is 2.81 bits per heavy atom. The van der Waals surface area contributed by atoms with Gasteiger partial charge in [-0.25, -0.2) is 0 Å². The van der Waals surface area contributed by atoms with Crippen molar-refractivity contribution in [3.8, 4) is 0 Å². The highest BCUT2D eigenvalue weighted by molar-refractivity contribution is 6.31. The molecule has 3 N–H and O–H groups in total. The molecule has 0 aliphatic rings. The fraction of sp³-hybridized carbons (Fsp3) is 0.429. The van der Waals surface area contributed by atoms with Gasteiger partial charge in [0.25, 0.3) is 5.91 Å². The van der Waals surface area contributed by atoms with Crippen molar-refractivity contribution in [3.63, 3.8) is 0 Å². The zero-order valence-electron chi connectivity index (χ0n) is 12.2. The molecule has 116 valence electrons. The minimum atomic E-state index is -0.155. The number of carbonyl (C=O) groups is 1. The molecule has 1 aromatic carbocycles. The maximum absolute atomic E-state index is 12.6. The Balaban J connectivity index is 2.90. The standard InChI is InChI=1S/C14H20ClN3O3/c1-10-3-4-11(15)9-12(10)14(19)18(7-8-21-2)6-5-13(16)17-20/h3-4,9,20H,5-8H2,1-2H3,(H2,16,17). The van der Waals surface area contributed by atoms with Crippen molar-refractivity contribution in [3.05, 3.63) is 34.3 Å². The highest BCUT2D eigenvalue weighted by atomic mass is 35.5. The number of amides is 1. The fourth-order valence-electron chi connectivity index (χ4n) is 1.81. The number of aryl methyl sites for hydroxylation is 1. The van der Waals surface area contributed by atoms with Crippen molar-refractivity contribution in [2.45, 2.75) is 13.3 Å². The highest BCUT2D eigenvalue weighted by Crippen LogP contribution is 2.17. The van der Waals surface area contributed by atoms with Crippen LogP contribution >= 0.6 is 11.6 Å². The number of nitrogens with two attached hydrogens (primary N) is 1. The quantitative estimate of drug-likeness (QED) is 0.348. The number of oxime groups is 1. The summed E-state index contributed by atoms with van der Waals surface area (Å²) in [5.74, 6) is -0.0779. The smallest absolute Gasteiger partial charge is 0.254 e. The first kappa shape index (κ1) is 17.3. The first-order chi connectivity index (χ1) is 9.99. The average Bonchev–Trinajstić information content (AvgIpc) is 2.48. The number of benzene rings is 1. The topological polar surface area (TPSA) is 88.2 Å². The van der Waals surface area contributed by atoms with E-state index in [-0.39, 0.29) is 18.2 Å². The molecular formula is C14H20ClN3O3. The van der Waals surface area contributed by atoms with E-state index in [0.717, 1.165) is 5.56 Å². The molecule has 0 aliphatic heterocycles. The van der Waals surface area contributed by atoms with E-state index in [1.54, 1.807) is 30.2 Å². The number of methoxy groups -OCH3 is 1. The molecule has 0 bridgehead atoms. The van der Waals surface area contributed by atoms with Crippen LogP contribution in [0.5, 0.6) is 0 Å². The van der Waals surface area contributed by atoms with E-state index in [0.29, 0.717) is 30.3 Å². The molecule has 0 fully saturated rings. The Labute approximate surface area is 129 Å². The first-order valence-electron chi connectivity index (χ1n) is 6.50. The second-order valence-corrected chi connectivity index (χ2v) is 5.02. The third kappa shape index (κ3) is 5.24. The lowest BCUT2D eigenvalue weighted by molar-refractivity contribution is 0.0700.